The highest BCUT2D eigenvalue weighted by molar-refractivity contribution is 6.35. The average Bonchev–Trinajstić information content (AvgIpc) is 2.00. The van der Waals surface area contributed by atoms with E-state index in [1.807, 2.05) is 6.92 Å². The van der Waals surface area contributed by atoms with Crippen molar-refractivity contribution in [1.82, 2.24) is 10.2 Å². The van der Waals surface area contributed by atoms with E-state index in [9.17, 15) is 9.59 Å². The van der Waals surface area contributed by atoms with Crippen LogP contribution in [0.5, 0.6) is 0 Å². The van der Waals surface area contributed by atoms with E-state index in [1.54, 1.807) is 0 Å². The minimum absolute atomic E-state index is 0.0262. The summed E-state index contributed by atoms with van der Waals surface area (Å²) in [7, 11) is 0. The van der Waals surface area contributed by atoms with Crippen molar-refractivity contribution in [1.29, 1.82) is 0 Å². The van der Waals surface area contributed by atoms with E-state index in [4.69, 9.17) is 5.11 Å². The van der Waals surface area contributed by atoms with Gasteiger partial charge in [0.2, 0.25) is 0 Å². The topological polar surface area (TPSA) is 69.6 Å². The van der Waals surface area contributed by atoms with Gasteiger partial charge < -0.3 is 15.3 Å². The lowest BCUT2D eigenvalue weighted by molar-refractivity contribution is -0.149. The van der Waals surface area contributed by atoms with Gasteiger partial charge in [0, 0.05) is 19.1 Å². The first-order valence-corrected chi connectivity index (χ1v) is 3.85. The monoisotopic (exact) mass is 172 g/mol. The maximum atomic E-state index is 11.1. The third-order valence-electron chi connectivity index (χ3n) is 1.72. The maximum absolute atomic E-state index is 11.1. The molecule has 0 aliphatic carbocycles. The van der Waals surface area contributed by atoms with Crippen molar-refractivity contribution in [3.8, 4) is 0 Å². The van der Waals surface area contributed by atoms with Gasteiger partial charge in [-0.05, 0) is 6.92 Å². The smallest absolute Gasteiger partial charge is 0.312 e. The highest BCUT2D eigenvalue weighted by atomic mass is 16.3. The second kappa shape index (κ2) is 3.53. The summed E-state index contributed by atoms with van der Waals surface area (Å²) in [5.74, 6) is -1.13. The van der Waals surface area contributed by atoms with Gasteiger partial charge in [0.05, 0.1) is 6.61 Å². The number of carbonyl (C=O) groups is 2. The summed E-state index contributed by atoms with van der Waals surface area (Å²) in [4.78, 5) is 23.3. The van der Waals surface area contributed by atoms with Gasteiger partial charge in [0.15, 0.2) is 0 Å². The van der Waals surface area contributed by atoms with Crippen molar-refractivity contribution in [3.63, 3.8) is 0 Å². The summed E-state index contributed by atoms with van der Waals surface area (Å²) in [6.07, 6.45) is 0. The Hall–Kier alpha value is -1.10. The SMILES string of the molecule is CC1CN(CCO)C(=O)C(=O)N1. The van der Waals surface area contributed by atoms with E-state index in [0.717, 1.165) is 0 Å². The summed E-state index contributed by atoms with van der Waals surface area (Å²) in [6, 6.07) is -0.0262. The van der Waals surface area contributed by atoms with Crippen molar-refractivity contribution in [2.24, 2.45) is 0 Å². The lowest BCUT2D eigenvalue weighted by Crippen LogP contribution is -2.57. The number of aliphatic hydroxyl groups excluding tert-OH is 1. The molecule has 5 nitrogen and oxygen atoms in total. The zero-order valence-corrected chi connectivity index (χ0v) is 6.91. The molecule has 1 fully saturated rings. The molecule has 5 heteroatoms. The van der Waals surface area contributed by atoms with Crippen LogP contribution in [0.2, 0.25) is 0 Å². The molecule has 1 unspecified atom stereocenters. The highest BCUT2D eigenvalue weighted by Gasteiger charge is 2.29. The van der Waals surface area contributed by atoms with Gasteiger partial charge in [-0.15, -0.1) is 0 Å². The van der Waals surface area contributed by atoms with E-state index < -0.39 is 11.8 Å². The normalized spacial score (nSPS) is 24.2. The first-order chi connectivity index (χ1) is 5.65. The quantitative estimate of drug-likeness (QED) is 0.489. The second-order valence-electron chi connectivity index (χ2n) is 2.85. The first-order valence-electron chi connectivity index (χ1n) is 3.85. The number of aliphatic hydroxyl groups is 1. The molecule has 2 amide bonds. The summed E-state index contributed by atoms with van der Waals surface area (Å²) in [5, 5.41) is 11.1. The molecule has 1 rings (SSSR count). The Balaban J connectivity index is 2.60. The third-order valence-corrected chi connectivity index (χ3v) is 1.72. The van der Waals surface area contributed by atoms with Gasteiger partial charge in [0.1, 0.15) is 0 Å². The minimum atomic E-state index is -0.581. The molecule has 1 saturated heterocycles. The molecule has 0 aromatic heterocycles. The second-order valence-corrected chi connectivity index (χ2v) is 2.85. The van der Waals surface area contributed by atoms with Crippen LogP contribution in [0.15, 0.2) is 0 Å². The molecular weight excluding hydrogens is 160 g/mol. The van der Waals surface area contributed by atoms with Crippen LogP contribution in [0, 0.1) is 0 Å². The van der Waals surface area contributed by atoms with Crippen molar-refractivity contribution in [2.45, 2.75) is 13.0 Å². The van der Waals surface area contributed by atoms with E-state index >= 15 is 0 Å². The van der Waals surface area contributed by atoms with Crippen molar-refractivity contribution >= 4 is 11.8 Å². The average molecular weight is 172 g/mol. The summed E-state index contributed by atoms with van der Waals surface area (Å²) < 4.78 is 0. The van der Waals surface area contributed by atoms with Crippen LogP contribution in [0.3, 0.4) is 0 Å². The molecule has 1 heterocycles. The molecule has 0 bridgehead atoms. The number of carbonyl (C=O) groups excluding carboxylic acids is 2. The molecule has 0 aromatic carbocycles. The lowest BCUT2D eigenvalue weighted by Gasteiger charge is -2.30. The van der Waals surface area contributed by atoms with Crippen LogP contribution in [-0.2, 0) is 9.59 Å². The van der Waals surface area contributed by atoms with Gasteiger partial charge in [-0.1, -0.05) is 0 Å². The zero-order valence-electron chi connectivity index (χ0n) is 6.91. The predicted octanol–water partition coefficient (Wildman–Crippen LogP) is -1.67. The van der Waals surface area contributed by atoms with Gasteiger partial charge in [-0.2, -0.15) is 0 Å². The zero-order chi connectivity index (χ0) is 9.14. The summed E-state index contributed by atoms with van der Waals surface area (Å²) in [6.45, 7) is 2.42. The molecule has 1 atom stereocenters. The van der Waals surface area contributed by atoms with Crippen LogP contribution in [0.4, 0.5) is 0 Å². The summed E-state index contributed by atoms with van der Waals surface area (Å²) in [5.41, 5.74) is 0. The van der Waals surface area contributed by atoms with E-state index in [0.29, 0.717) is 6.54 Å². The standard InChI is InChI=1S/C7H12N2O3/c1-5-4-9(2-3-10)7(12)6(11)8-5/h5,10H,2-4H2,1H3,(H,8,11). The van der Waals surface area contributed by atoms with Gasteiger partial charge in [-0.3, -0.25) is 9.59 Å². The van der Waals surface area contributed by atoms with Gasteiger partial charge in [0.25, 0.3) is 0 Å². The molecular formula is C7H12N2O3. The number of nitrogens with zero attached hydrogens (tertiary/aromatic N) is 1. The molecule has 0 radical (unpaired) electrons. The van der Waals surface area contributed by atoms with Crippen LogP contribution >= 0.6 is 0 Å². The number of hydrogen-bond acceptors (Lipinski definition) is 3. The fraction of sp³-hybridized carbons (Fsp3) is 0.714. The number of nitrogens with one attached hydrogen (secondary N) is 1. The Bertz CT molecular complexity index is 205. The Morgan fingerprint density at radius 1 is 1.67 bits per heavy atom. The van der Waals surface area contributed by atoms with Crippen molar-refractivity contribution in [3.05, 3.63) is 0 Å². The van der Waals surface area contributed by atoms with Gasteiger partial charge in [-0.25, -0.2) is 0 Å². The predicted molar refractivity (Wildman–Crippen MR) is 41.3 cm³/mol. The molecule has 2 N–H and O–H groups in total. The number of piperazine rings is 1. The molecule has 1 aliphatic rings. The number of rotatable bonds is 2. The Kier molecular flexibility index (Phi) is 2.65. The van der Waals surface area contributed by atoms with Crippen LogP contribution in [0.1, 0.15) is 6.92 Å². The van der Waals surface area contributed by atoms with Crippen molar-refractivity contribution < 1.29 is 14.7 Å². The van der Waals surface area contributed by atoms with Crippen LogP contribution in [0.25, 0.3) is 0 Å². The maximum Gasteiger partial charge on any atom is 0.312 e. The number of hydrogen-bond donors (Lipinski definition) is 2. The molecule has 0 spiro atoms. The lowest BCUT2D eigenvalue weighted by atomic mass is 10.2. The largest absolute Gasteiger partial charge is 0.395 e. The van der Waals surface area contributed by atoms with Gasteiger partial charge >= 0.3 is 11.8 Å². The number of β-amino-alcohol motifs (C(OH)–C–C–N with tert-alkyl or cyclic N) is 1. The third kappa shape index (κ3) is 1.73. The fourth-order valence-electron chi connectivity index (χ4n) is 1.20. The Morgan fingerprint density at radius 3 is 2.92 bits per heavy atom. The number of amides is 2. The fourth-order valence-corrected chi connectivity index (χ4v) is 1.20. The molecule has 68 valence electrons. The molecule has 12 heavy (non-hydrogen) atoms. The minimum Gasteiger partial charge on any atom is -0.395 e. The first kappa shape index (κ1) is 8.99. The molecule has 0 aromatic rings. The van der Waals surface area contributed by atoms with E-state index in [2.05, 4.69) is 5.32 Å². The van der Waals surface area contributed by atoms with E-state index in [-0.39, 0.29) is 19.2 Å². The van der Waals surface area contributed by atoms with Crippen LogP contribution in [-0.4, -0.2) is 47.6 Å². The summed E-state index contributed by atoms with van der Waals surface area (Å²) >= 11 is 0. The Morgan fingerprint density at radius 2 is 2.33 bits per heavy atom. The van der Waals surface area contributed by atoms with Crippen molar-refractivity contribution in [2.75, 3.05) is 19.7 Å². The molecule has 1 aliphatic heterocycles. The Labute approximate surface area is 70.4 Å². The van der Waals surface area contributed by atoms with E-state index in [1.165, 1.54) is 4.90 Å². The highest BCUT2D eigenvalue weighted by Crippen LogP contribution is 1.99. The molecule has 0 saturated carbocycles. The van der Waals surface area contributed by atoms with Crippen LogP contribution < -0.4 is 5.32 Å².